The van der Waals surface area contributed by atoms with Gasteiger partial charge in [-0.3, -0.25) is 19.2 Å². The van der Waals surface area contributed by atoms with Crippen LogP contribution >= 0.6 is 11.6 Å². The van der Waals surface area contributed by atoms with E-state index in [4.69, 9.17) is 16.7 Å². The van der Waals surface area contributed by atoms with Gasteiger partial charge in [-0.15, -0.1) is 13.2 Å². The maximum atomic E-state index is 12.7. The third-order valence-electron chi connectivity index (χ3n) is 4.35. The number of nitrogens with one attached hydrogen (secondary N) is 1. The number of carboxylic acid groups (broad SMARTS) is 1. The van der Waals surface area contributed by atoms with E-state index in [0.29, 0.717) is 5.56 Å². The Balaban J connectivity index is 2.23. The van der Waals surface area contributed by atoms with Crippen molar-refractivity contribution >= 4 is 35.2 Å². The Kier molecular flexibility index (Phi) is 6.65. The molecule has 1 heterocycles. The van der Waals surface area contributed by atoms with Gasteiger partial charge in [0.25, 0.3) is 0 Å². The average Bonchev–Trinajstić information content (AvgIpc) is 2.59. The van der Waals surface area contributed by atoms with Crippen molar-refractivity contribution in [2.75, 3.05) is 13.1 Å². The molecule has 2 rings (SSSR count). The Labute approximate surface area is 173 Å². The summed E-state index contributed by atoms with van der Waals surface area (Å²) < 4.78 is 40.9. The zero-order valence-electron chi connectivity index (χ0n) is 15.9. The number of halogens is 4. The molecular formula is C18H18ClF3N2O6. The summed E-state index contributed by atoms with van der Waals surface area (Å²) in [6.45, 7) is 2.11. The molecule has 0 saturated carbocycles. The number of alkyl halides is 3. The fourth-order valence-corrected chi connectivity index (χ4v) is 3.26. The normalized spacial score (nSPS) is 18.9. The number of Topliss-reactive ketones (excluding diaryl/α,β-unsaturated/α-hetero) is 1. The summed E-state index contributed by atoms with van der Waals surface area (Å²) in [5.74, 6) is -6.20. The van der Waals surface area contributed by atoms with Crippen LogP contribution in [0.5, 0.6) is 5.75 Å². The number of aliphatic carboxylic acids is 1. The molecule has 1 aromatic rings. The van der Waals surface area contributed by atoms with Gasteiger partial charge in [0.05, 0.1) is 5.02 Å². The van der Waals surface area contributed by atoms with Gasteiger partial charge in [0.1, 0.15) is 12.3 Å². The minimum Gasteiger partial charge on any atom is -0.480 e. The van der Waals surface area contributed by atoms with Crippen molar-refractivity contribution in [1.29, 1.82) is 0 Å². The lowest BCUT2D eigenvalue weighted by atomic mass is 9.76. The second kappa shape index (κ2) is 8.50. The van der Waals surface area contributed by atoms with Gasteiger partial charge < -0.3 is 20.1 Å². The zero-order chi connectivity index (χ0) is 22.9. The number of ketones is 1. The first kappa shape index (κ1) is 23.5. The fraction of sp³-hybridized carbons (Fsp3) is 0.444. The summed E-state index contributed by atoms with van der Waals surface area (Å²) in [5, 5.41) is 10.4. The highest BCUT2D eigenvalue weighted by Gasteiger charge is 2.49. The average molecular weight is 451 g/mol. The van der Waals surface area contributed by atoms with Crippen molar-refractivity contribution in [3.8, 4) is 5.75 Å². The van der Waals surface area contributed by atoms with E-state index in [2.05, 4.69) is 4.74 Å². The van der Waals surface area contributed by atoms with E-state index >= 15 is 0 Å². The van der Waals surface area contributed by atoms with Gasteiger partial charge in [-0.05, 0) is 17.7 Å². The summed E-state index contributed by atoms with van der Waals surface area (Å²) in [6.07, 6.45) is -4.92. The fourth-order valence-electron chi connectivity index (χ4n) is 3.02. The van der Waals surface area contributed by atoms with Crippen molar-refractivity contribution in [2.24, 2.45) is 11.3 Å². The van der Waals surface area contributed by atoms with E-state index in [1.807, 2.05) is 5.32 Å². The number of rotatable bonds is 6. The molecule has 1 aliphatic heterocycles. The zero-order valence-corrected chi connectivity index (χ0v) is 16.6. The van der Waals surface area contributed by atoms with Crippen LogP contribution in [0.1, 0.15) is 19.4 Å². The number of benzene rings is 1. The first-order valence-corrected chi connectivity index (χ1v) is 8.96. The SMILES string of the molecule is CC1(C)CN(Cc2ccc(OC(F)(F)F)c(Cl)c2)C(=O)C(C(=O)NCC(=O)O)C1=O. The lowest BCUT2D eigenvalue weighted by Gasteiger charge is -2.40. The molecule has 0 aliphatic carbocycles. The van der Waals surface area contributed by atoms with E-state index in [-0.39, 0.29) is 18.1 Å². The first-order valence-electron chi connectivity index (χ1n) is 8.58. The van der Waals surface area contributed by atoms with Crippen molar-refractivity contribution < 1.29 is 42.2 Å². The Morgan fingerprint density at radius 3 is 2.50 bits per heavy atom. The Hall–Kier alpha value is -2.82. The Morgan fingerprint density at radius 1 is 1.33 bits per heavy atom. The Morgan fingerprint density at radius 2 is 1.97 bits per heavy atom. The molecule has 1 saturated heterocycles. The molecule has 0 bridgehead atoms. The molecule has 1 atom stereocenters. The van der Waals surface area contributed by atoms with Gasteiger partial charge in [0.15, 0.2) is 11.7 Å². The number of likely N-dealkylation sites (tertiary alicyclic amines) is 1. The quantitative estimate of drug-likeness (QED) is 0.641. The molecular weight excluding hydrogens is 433 g/mol. The van der Waals surface area contributed by atoms with Crippen molar-refractivity contribution in [3.05, 3.63) is 28.8 Å². The van der Waals surface area contributed by atoms with Crippen LogP contribution < -0.4 is 10.1 Å². The molecule has 0 aromatic heterocycles. The molecule has 164 valence electrons. The molecule has 30 heavy (non-hydrogen) atoms. The third-order valence-corrected chi connectivity index (χ3v) is 4.64. The van der Waals surface area contributed by atoms with Gasteiger partial charge in [-0.1, -0.05) is 31.5 Å². The second-order valence-corrected chi connectivity index (χ2v) is 7.71. The van der Waals surface area contributed by atoms with Crippen LogP contribution in [0, 0.1) is 11.3 Å². The molecule has 1 unspecified atom stereocenters. The maximum Gasteiger partial charge on any atom is 0.573 e. The van der Waals surface area contributed by atoms with Crippen LogP contribution in [0.3, 0.4) is 0 Å². The van der Waals surface area contributed by atoms with Crippen LogP contribution in [0.4, 0.5) is 13.2 Å². The van der Waals surface area contributed by atoms with E-state index in [0.717, 1.165) is 6.07 Å². The summed E-state index contributed by atoms with van der Waals surface area (Å²) in [7, 11) is 0. The van der Waals surface area contributed by atoms with Crippen molar-refractivity contribution in [3.63, 3.8) is 0 Å². The van der Waals surface area contributed by atoms with Crippen LogP contribution in [0.2, 0.25) is 5.02 Å². The van der Waals surface area contributed by atoms with Crippen LogP contribution in [0.15, 0.2) is 18.2 Å². The highest BCUT2D eigenvalue weighted by molar-refractivity contribution is 6.32. The number of nitrogens with zero attached hydrogens (tertiary/aromatic N) is 1. The predicted octanol–water partition coefficient (Wildman–Crippen LogP) is 1.99. The standard InChI is InChI=1S/C18H18ClF3N2O6/c1-17(2)8-24(16(29)13(14(17)27)15(28)23-6-12(25)26)7-9-3-4-11(10(19)5-9)30-18(20,21)22/h3-5,13H,6-8H2,1-2H3,(H,23,28)(H,25,26). The number of piperidine rings is 1. The third kappa shape index (κ3) is 5.62. The lowest BCUT2D eigenvalue weighted by Crippen LogP contribution is -2.59. The molecule has 0 radical (unpaired) electrons. The van der Waals surface area contributed by atoms with E-state index in [9.17, 15) is 32.3 Å². The number of hydrogen-bond donors (Lipinski definition) is 2. The molecule has 1 fully saturated rings. The number of carboxylic acids is 1. The van der Waals surface area contributed by atoms with Crippen molar-refractivity contribution in [1.82, 2.24) is 10.2 Å². The number of carbonyl (C=O) groups is 4. The summed E-state index contributed by atoms with van der Waals surface area (Å²) in [5.41, 5.74) is -0.764. The van der Waals surface area contributed by atoms with E-state index < -0.39 is 53.6 Å². The van der Waals surface area contributed by atoms with Gasteiger partial charge in [0.2, 0.25) is 11.8 Å². The molecule has 1 aliphatic rings. The van der Waals surface area contributed by atoms with Gasteiger partial charge in [0, 0.05) is 18.5 Å². The maximum absolute atomic E-state index is 12.7. The summed E-state index contributed by atoms with van der Waals surface area (Å²) in [4.78, 5) is 49.4. The van der Waals surface area contributed by atoms with E-state index in [1.54, 1.807) is 0 Å². The van der Waals surface area contributed by atoms with Crippen LogP contribution in [-0.2, 0) is 25.7 Å². The number of carbonyl (C=O) groups excluding carboxylic acids is 3. The second-order valence-electron chi connectivity index (χ2n) is 7.30. The van der Waals surface area contributed by atoms with Gasteiger partial charge in [-0.25, -0.2) is 0 Å². The monoisotopic (exact) mass is 450 g/mol. The molecule has 1 aromatic carbocycles. The molecule has 2 amide bonds. The smallest absolute Gasteiger partial charge is 0.480 e. The van der Waals surface area contributed by atoms with Gasteiger partial charge >= 0.3 is 12.3 Å². The molecule has 8 nitrogen and oxygen atoms in total. The summed E-state index contributed by atoms with van der Waals surface area (Å²) in [6, 6.07) is 3.44. The molecule has 2 N–H and O–H groups in total. The first-order chi connectivity index (χ1) is 13.7. The number of hydrogen-bond acceptors (Lipinski definition) is 5. The minimum atomic E-state index is -4.92. The highest BCUT2D eigenvalue weighted by Crippen LogP contribution is 2.33. The highest BCUT2D eigenvalue weighted by atomic mass is 35.5. The van der Waals surface area contributed by atoms with Gasteiger partial charge in [-0.2, -0.15) is 0 Å². The minimum absolute atomic E-state index is 0.0498. The van der Waals surface area contributed by atoms with E-state index in [1.165, 1.54) is 30.9 Å². The van der Waals surface area contributed by atoms with Crippen molar-refractivity contribution in [2.45, 2.75) is 26.8 Å². The molecule has 12 heteroatoms. The number of ether oxygens (including phenoxy) is 1. The lowest BCUT2D eigenvalue weighted by molar-refractivity contribution is -0.274. The van der Waals surface area contributed by atoms with Crippen LogP contribution in [0.25, 0.3) is 0 Å². The topological polar surface area (TPSA) is 113 Å². The summed E-state index contributed by atoms with van der Waals surface area (Å²) >= 11 is 5.82. The Bertz CT molecular complexity index is 887. The largest absolute Gasteiger partial charge is 0.573 e. The molecule has 0 spiro atoms. The predicted molar refractivity (Wildman–Crippen MR) is 96.5 cm³/mol. The number of amides is 2. The van der Waals surface area contributed by atoms with Crippen LogP contribution in [-0.4, -0.2) is 53.0 Å².